The maximum atomic E-state index is 11.7. The Labute approximate surface area is 136 Å². The van der Waals surface area contributed by atoms with Crippen molar-refractivity contribution in [2.24, 2.45) is 0 Å². The highest BCUT2D eigenvalue weighted by Gasteiger charge is 2.16. The molecule has 2 aromatic rings. The van der Waals surface area contributed by atoms with Gasteiger partial charge in [0.25, 0.3) is 0 Å². The van der Waals surface area contributed by atoms with Gasteiger partial charge in [-0.3, -0.25) is 4.98 Å². The van der Waals surface area contributed by atoms with Gasteiger partial charge in [0.15, 0.2) is 0 Å². The smallest absolute Gasteiger partial charge is 0.407 e. The van der Waals surface area contributed by atoms with Gasteiger partial charge in [-0.2, -0.15) is 0 Å². The second-order valence-electron chi connectivity index (χ2n) is 6.43. The average molecular weight is 316 g/mol. The first-order valence-electron chi connectivity index (χ1n) is 7.74. The van der Waals surface area contributed by atoms with Crippen LogP contribution in [0, 0.1) is 0 Å². The molecule has 0 aromatic carbocycles. The van der Waals surface area contributed by atoms with Gasteiger partial charge >= 0.3 is 6.09 Å². The Kier molecular flexibility index (Phi) is 5.36. The summed E-state index contributed by atoms with van der Waals surface area (Å²) in [5, 5.41) is 2.77. The van der Waals surface area contributed by atoms with E-state index < -0.39 is 11.7 Å². The summed E-state index contributed by atoms with van der Waals surface area (Å²) < 4.78 is 7.31. The fourth-order valence-corrected chi connectivity index (χ4v) is 2.26. The third kappa shape index (κ3) is 5.09. The number of hydrogen-bond donors (Lipinski definition) is 1. The standard InChI is InChI=1S/C17H24N4O2/c1-13(14-6-5-8-18-10-14)21-12-19-11-15(21)7-9-20-16(22)23-17(2,3)4/h5-6,8,10-13H,7,9H2,1-4H3,(H,20,22). The Morgan fingerprint density at radius 1 is 1.35 bits per heavy atom. The zero-order valence-corrected chi connectivity index (χ0v) is 14.1. The molecular formula is C17H24N4O2. The molecule has 6 nitrogen and oxygen atoms in total. The predicted octanol–water partition coefficient (Wildman–Crippen LogP) is 2.95. The van der Waals surface area contributed by atoms with E-state index in [0.29, 0.717) is 13.0 Å². The van der Waals surface area contributed by atoms with E-state index in [1.54, 1.807) is 12.5 Å². The Hall–Kier alpha value is -2.37. The van der Waals surface area contributed by atoms with E-state index in [1.807, 2.05) is 45.3 Å². The number of imidazole rings is 1. The highest BCUT2D eigenvalue weighted by molar-refractivity contribution is 5.67. The van der Waals surface area contributed by atoms with Crippen molar-refractivity contribution >= 4 is 6.09 Å². The zero-order valence-electron chi connectivity index (χ0n) is 14.1. The predicted molar refractivity (Wildman–Crippen MR) is 88.2 cm³/mol. The van der Waals surface area contributed by atoms with Gasteiger partial charge < -0.3 is 14.6 Å². The molecule has 6 heteroatoms. The number of aromatic nitrogens is 3. The van der Waals surface area contributed by atoms with Crippen LogP contribution in [-0.4, -0.2) is 32.8 Å². The van der Waals surface area contributed by atoms with E-state index in [4.69, 9.17) is 4.74 Å². The Balaban J connectivity index is 1.93. The lowest BCUT2D eigenvalue weighted by Crippen LogP contribution is -2.33. The fourth-order valence-electron chi connectivity index (χ4n) is 2.26. The van der Waals surface area contributed by atoms with Gasteiger partial charge in [0.1, 0.15) is 5.60 Å². The van der Waals surface area contributed by atoms with Gasteiger partial charge in [-0.25, -0.2) is 9.78 Å². The maximum absolute atomic E-state index is 11.7. The number of ether oxygens (including phenoxy) is 1. The summed E-state index contributed by atoms with van der Waals surface area (Å²) in [6.45, 7) is 8.13. The van der Waals surface area contributed by atoms with Gasteiger partial charge in [0.2, 0.25) is 0 Å². The number of nitrogens with one attached hydrogen (secondary N) is 1. The van der Waals surface area contributed by atoms with Crippen LogP contribution in [0.1, 0.15) is 45.0 Å². The monoisotopic (exact) mass is 316 g/mol. The van der Waals surface area contributed by atoms with Crippen LogP contribution in [0.5, 0.6) is 0 Å². The molecule has 0 aliphatic carbocycles. The third-order valence-electron chi connectivity index (χ3n) is 3.38. The first kappa shape index (κ1) is 17.0. The van der Waals surface area contributed by atoms with E-state index in [-0.39, 0.29) is 6.04 Å². The van der Waals surface area contributed by atoms with Gasteiger partial charge in [0.05, 0.1) is 12.4 Å². The molecule has 0 aliphatic rings. The zero-order chi connectivity index (χ0) is 16.9. The van der Waals surface area contributed by atoms with Crippen LogP contribution in [0.2, 0.25) is 0 Å². The quantitative estimate of drug-likeness (QED) is 0.921. The second-order valence-corrected chi connectivity index (χ2v) is 6.43. The maximum Gasteiger partial charge on any atom is 0.407 e. The fraction of sp³-hybridized carbons (Fsp3) is 0.471. The van der Waals surface area contributed by atoms with E-state index in [2.05, 4.69) is 26.8 Å². The molecular weight excluding hydrogens is 292 g/mol. The van der Waals surface area contributed by atoms with Crippen LogP contribution in [0.15, 0.2) is 37.1 Å². The molecule has 0 radical (unpaired) electrons. The topological polar surface area (TPSA) is 69.0 Å². The van der Waals surface area contributed by atoms with Crippen LogP contribution in [-0.2, 0) is 11.2 Å². The molecule has 124 valence electrons. The number of alkyl carbamates (subject to hydrolysis) is 1. The molecule has 23 heavy (non-hydrogen) atoms. The Morgan fingerprint density at radius 2 is 2.13 bits per heavy atom. The normalized spacial score (nSPS) is 12.7. The van der Waals surface area contributed by atoms with Crippen molar-refractivity contribution < 1.29 is 9.53 Å². The Morgan fingerprint density at radius 3 is 2.78 bits per heavy atom. The molecule has 0 saturated heterocycles. The minimum Gasteiger partial charge on any atom is -0.444 e. The van der Waals surface area contributed by atoms with Crippen LogP contribution >= 0.6 is 0 Å². The molecule has 1 atom stereocenters. The molecule has 0 saturated carbocycles. The molecule has 2 heterocycles. The molecule has 0 bridgehead atoms. The first-order valence-corrected chi connectivity index (χ1v) is 7.74. The lowest BCUT2D eigenvalue weighted by molar-refractivity contribution is 0.0528. The van der Waals surface area contributed by atoms with E-state index in [1.165, 1.54) is 0 Å². The van der Waals surface area contributed by atoms with Crippen LogP contribution in [0.4, 0.5) is 4.79 Å². The highest BCUT2D eigenvalue weighted by atomic mass is 16.6. The van der Waals surface area contributed by atoms with Crippen LogP contribution in [0.3, 0.4) is 0 Å². The molecule has 0 spiro atoms. The largest absolute Gasteiger partial charge is 0.444 e. The number of carbonyl (C=O) groups is 1. The summed E-state index contributed by atoms with van der Waals surface area (Å²) in [4.78, 5) is 20.0. The van der Waals surface area contributed by atoms with Crippen molar-refractivity contribution in [1.29, 1.82) is 0 Å². The number of hydrogen-bond acceptors (Lipinski definition) is 4. The summed E-state index contributed by atoms with van der Waals surface area (Å²) >= 11 is 0. The average Bonchev–Trinajstić information content (AvgIpc) is 2.94. The minimum absolute atomic E-state index is 0.141. The van der Waals surface area contributed by atoms with Gasteiger partial charge in [-0.1, -0.05) is 6.07 Å². The first-order chi connectivity index (χ1) is 10.9. The molecule has 1 unspecified atom stereocenters. The number of rotatable bonds is 5. The summed E-state index contributed by atoms with van der Waals surface area (Å²) in [7, 11) is 0. The second kappa shape index (κ2) is 7.26. The molecule has 0 aliphatic heterocycles. The third-order valence-corrected chi connectivity index (χ3v) is 3.38. The number of amides is 1. The minimum atomic E-state index is -0.485. The van der Waals surface area contributed by atoms with E-state index >= 15 is 0 Å². The van der Waals surface area contributed by atoms with Crippen molar-refractivity contribution in [1.82, 2.24) is 19.9 Å². The molecule has 0 fully saturated rings. The summed E-state index contributed by atoms with van der Waals surface area (Å²) in [5.74, 6) is 0. The number of nitrogens with zero attached hydrogens (tertiary/aromatic N) is 3. The number of pyridine rings is 1. The van der Waals surface area contributed by atoms with E-state index in [0.717, 1.165) is 11.3 Å². The molecule has 1 N–H and O–H groups in total. The van der Waals surface area contributed by atoms with Gasteiger partial charge in [-0.15, -0.1) is 0 Å². The van der Waals surface area contributed by atoms with Gasteiger partial charge in [-0.05, 0) is 39.3 Å². The number of carbonyl (C=O) groups excluding carboxylic acids is 1. The van der Waals surface area contributed by atoms with Crippen LogP contribution in [0.25, 0.3) is 0 Å². The molecule has 2 aromatic heterocycles. The summed E-state index contributed by atoms with van der Waals surface area (Å²) in [5.41, 5.74) is 1.69. The van der Waals surface area contributed by atoms with Gasteiger partial charge in [0, 0.05) is 37.3 Å². The SMILES string of the molecule is CC(c1cccnc1)n1cncc1CCNC(=O)OC(C)(C)C. The lowest BCUT2D eigenvalue weighted by atomic mass is 10.1. The Bertz CT molecular complexity index is 632. The van der Waals surface area contributed by atoms with Crippen molar-refractivity contribution in [3.63, 3.8) is 0 Å². The highest BCUT2D eigenvalue weighted by Crippen LogP contribution is 2.18. The van der Waals surface area contributed by atoms with Crippen molar-refractivity contribution in [3.8, 4) is 0 Å². The summed E-state index contributed by atoms with van der Waals surface area (Å²) in [6, 6.07) is 4.11. The van der Waals surface area contributed by atoms with Crippen LogP contribution < -0.4 is 5.32 Å². The van der Waals surface area contributed by atoms with Crippen molar-refractivity contribution in [3.05, 3.63) is 48.3 Å². The lowest BCUT2D eigenvalue weighted by Gasteiger charge is -2.20. The molecule has 2 rings (SSSR count). The molecule has 1 amide bonds. The van der Waals surface area contributed by atoms with E-state index in [9.17, 15) is 4.79 Å². The van der Waals surface area contributed by atoms with Crippen molar-refractivity contribution in [2.75, 3.05) is 6.54 Å². The van der Waals surface area contributed by atoms with Crippen molar-refractivity contribution in [2.45, 2.75) is 45.8 Å². The summed E-state index contributed by atoms with van der Waals surface area (Å²) in [6.07, 6.45) is 7.53.